The van der Waals surface area contributed by atoms with Crippen LogP contribution in [0.5, 0.6) is 0 Å². The van der Waals surface area contributed by atoms with Gasteiger partial charge in [0.2, 0.25) is 5.91 Å². The third kappa shape index (κ3) is 4.78. The molecule has 0 radical (unpaired) electrons. The van der Waals surface area contributed by atoms with Crippen LogP contribution in [-0.4, -0.2) is 34.2 Å². The number of aromatic nitrogens is 1. The van der Waals surface area contributed by atoms with Crippen molar-refractivity contribution in [2.75, 3.05) is 11.9 Å². The van der Waals surface area contributed by atoms with Gasteiger partial charge in [-0.3, -0.25) is 19.3 Å². The van der Waals surface area contributed by atoms with Gasteiger partial charge in [0.05, 0.1) is 16.8 Å². The summed E-state index contributed by atoms with van der Waals surface area (Å²) in [5, 5.41) is 5.40. The highest BCUT2D eigenvalue weighted by Gasteiger charge is 2.34. The summed E-state index contributed by atoms with van der Waals surface area (Å²) in [5.41, 5.74) is 4.11. The van der Waals surface area contributed by atoms with E-state index in [1.54, 1.807) is 24.3 Å². The largest absolute Gasteiger partial charge is 0.302 e. The first-order chi connectivity index (χ1) is 15.6. The molecule has 32 heavy (non-hydrogen) atoms. The summed E-state index contributed by atoms with van der Waals surface area (Å²) >= 11 is 1.41. The SMILES string of the molecule is CCc1ccc(-c2csc(NC(=O)CCCCCN3C(=O)c4ccccc4C3=O)n2)cc1. The molecule has 2 aromatic carbocycles. The molecule has 1 N–H and O–H groups in total. The van der Waals surface area contributed by atoms with Gasteiger partial charge in [0.15, 0.2) is 5.13 Å². The summed E-state index contributed by atoms with van der Waals surface area (Å²) < 4.78 is 0. The molecule has 7 heteroatoms. The van der Waals surface area contributed by atoms with Gasteiger partial charge in [-0.05, 0) is 37.0 Å². The van der Waals surface area contributed by atoms with Crippen molar-refractivity contribution in [3.63, 3.8) is 0 Å². The summed E-state index contributed by atoms with van der Waals surface area (Å²) in [4.78, 5) is 42.8. The Labute approximate surface area is 191 Å². The Hall–Kier alpha value is -3.32. The zero-order valence-corrected chi connectivity index (χ0v) is 18.8. The number of imide groups is 1. The topological polar surface area (TPSA) is 79.4 Å². The highest BCUT2D eigenvalue weighted by Crippen LogP contribution is 2.26. The van der Waals surface area contributed by atoms with E-state index in [1.165, 1.54) is 21.8 Å². The van der Waals surface area contributed by atoms with Crippen molar-refractivity contribution in [1.29, 1.82) is 0 Å². The fourth-order valence-electron chi connectivity index (χ4n) is 3.73. The lowest BCUT2D eigenvalue weighted by Gasteiger charge is -2.13. The van der Waals surface area contributed by atoms with Crippen molar-refractivity contribution in [2.24, 2.45) is 0 Å². The smallest absolute Gasteiger partial charge is 0.261 e. The number of amides is 3. The van der Waals surface area contributed by atoms with Gasteiger partial charge < -0.3 is 5.32 Å². The molecular formula is C25H25N3O3S. The van der Waals surface area contributed by atoms with Crippen LogP contribution < -0.4 is 5.32 Å². The lowest BCUT2D eigenvalue weighted by atomic mass is 10.1. The number of thiazole rings is 1. The summed E-state index contributed by atoms with van der Waals surface area (Å²) in [6.45, 7) is 2.50. The van der Waals surface area contributed by atoms with Gasteiger partial charge in [0, 0.05) is 23.9 Å². The summed E-state index contributed by atoms with van der Waals surface area (Å²) in [6, 6.07) is 15.2. The molecule has 6 nitrogen and oxygen atoms in total. The van der Waals surface area contributed by atoms with E-state index in [1.807, 2.05) is 17.5 Å². The first-order valence-electron chi connectivity index (χ1n) is 10.9. The van der Waals surface area contributed by atoms with Gasteiger partial charge in [-0.15, -0.1) is 11.3 Å². The molecule has 1 aliphatic heterocycles. The van der Waals surface area contributed by atoms with E-state index in [0.717, 1.165) is 24.1 Å². The van der Waals surface area contributed by atoms with E-state index < -0.39 is 0 Å². The average molecular weight is 448 g/mol. The number of nitrogens with zero attached hydrogens (tertiary/aromatic N) is 2. The standard InChI is InChI=1S/C25H25N3O3S/c1-2-17-11-13-18(14-12-17)21-16-32-25(26-21)27-22(29)10-4-3-7-15-28-23(30)19-8-5-6-9-20(19)24(28)31/h5-6,8-9,11-14,16H,2-4,7,10,15H2,1H3,(H,26,27,29). The molecule has 3 aromatic rings. The zero-order valence-electron chi connectivity index (χ0n) is 18.0. The highest BCUT2D eigenvalue weighted by molar-refractivity contribution is 7.14. The van der Waals surface area contributed by atoms with Crippen LogP contribution in [0.3, 0.4) is 0 Å². The van der Waals surface area contributed by atoms with Gasteiger partial charge >= 0.3 is 0 Å². The first kappa shape index (κ1) is 21.9. The van der Waals surface area contributed by atoms with Gasteiger partial charge in [-0.25, -0.2) is 4.98 Å². The van der Waals surface area contributed by atoms with Crippen LogP contribution in [0.1, 0.15) is 58.9 Å². The molecule has 1 aromatic heterocycles. The minimum Gasteiger partial charge on any atom is -0.302 e. The van der Waals surface area contributed by atoms with Gasteiger partial charge in [-0.1, -0.05) is 49.7 Å². The molecule has 1 aliphatic rings. The quantitative estimate of drug-likeness (QED) is 0.363. The predicted octanol–water partition coefficient (Wildman–Crippen LogP) is 5.17. The third-order valence-electron chi connectivity index (χ3n) is 5.57. The normalized spacial score (nSPS) is 12.8. The van der Waals surface area contributed by atoms with Crippen molar-refractivity contribution in [3.8, 4) is 11.3 Å². The Bertz CT molecular complexity index is 1100. The van der Waals surface area contributed by atoms with Crippen molar-refractivity contribution < 1.29 is 14.4 Å². The van der Waals surface area contributed by atoms with Crippen molar-refractivity contribution in [3.05, 3.63) is 70.6 Å². The van der Waals surface area contributed by atoms with Gasteiger partial charge in [0.1, 0.15) is 0 Å². The van der Waals surface area contributed by atoms with Crippen molar-refractivity contribution in [2.45, 2.75) is 39.0 Å². The molecule has 3 amide bonds. The molecule has 0 fully saturated rings. The number of unbranched alkanes of at least 4 members (excludes halogenated alkanes) is 2. The van der Waals surface area contributed by atoms with Gasteiger partial charge in [0.25, 0.3) is 11.8 Å². The summed E-state index contributed by atoms with van der Waals surface area (Å²) in [5.74, 6) is -0.535. The molecule has 0 atom stereocenters. The highest BCUT2D eigenvalue weighted by atomic mass is 32.1. The second-order valence-corrected chi connectivity index (χ2v) is 8.61. The van der Waals surface area contributed by atoms with Crippen molar-refractivity contribution >= 4 is 34.2 Å². The van der Waals surface area contributed by atoms with E-state index >= 15 is 0 Å². The number of benzene rings is 2. The fraction of sp³-hybridized carbons (Fsp3) is 0.280. The average Bonchev–Trinajstić information content (AvgIpc) is 3.37. The van der Waals surface area contributed by atoms with Crippen LogP contribution in [0.2, 0.25) is 0 Å². The number of rotatable bonds is 9. The van der Waals surface area contributed by atoms with Crippen LogP contribution >= 0.6 is 11.3 Å². The lowest BCUT2D eigenvalue weighted by molar-refractivity contribution is -0.116. The van der Waals surface area contributed by atoms with Crippen LogP contribution in [-0.2, 0) is 11.2 Å². The summed E-state index contributed by atoms with van der Waals surface area (Å²) in [6.07, 6.45) is 3.49. The number of hydrogen-bond donors (Lipinski definition) is 1. The van der Waals surface area contributed by atoms with E-state index in [2.05, 4.69) is 29.4 Å². The number of nitrogens with one attached hydrogen (secondary N) is 1. The second-order valence-electron chi connectivity index (χ2n) is 7.75. The van der Waals surface area contributed by atoms with Gasteiger partial charge in [-0.2, -0.15) is 0 Å². The van der Waals surface area contributed by atoms with Crippen LogP contribution in [0.15, 0.2) is 53.9 Å². The molecule has 2 heterocycles. The van der Waals surface area contributed by atoms with Crippen LogP contribution in [0.4, 0.5) is 5.13 Å². The number of anilines is 1. The Morgan fingerprint density at radius 1 is 0.969 bits per heavy atom. The molecule has 0 spiro atoms. The molecule has 0 unspecified atom stereocenters. The maximum atomic E-state index is 12.4. The molecule has 4 rings (SSSR count). The molecule has 0 bridgehead atoms. The fourth-order valence-corrected chi connectivity index (χ4v) is 4.47. The second kappa shape index (κ2) is 9.87. The summed E-state index contributed by atoms with van der Waals surface area (Å²) in [7, 11) is 0. The predicted molar refractivity (Wildman–Crippen MR) is 126 cm³/mol. The molecule has 0 aliphatic carbocycles. The molecule has 0 saturated carbocycles. The molecular weight excluding hydrogens is 422 g/mol. The lowest BCUT2D eigenvalue weighted by Crippen LogP contribution is -2.30. The Balaban J connectivity index is 1.19. The van der Waals surface area contributed by atoms with E-state index in [0.29, 0.717) is 42.1 Å². The number of aryl methyl sites for hydroxylation is 1. The van der Waals surface area contributed by atoms with E-state index in [-0.39, 0.29) is 17.7 Å². The number of carbonyl (C=O) groups excluding carboxylic acids is 3. The Morgan fingerprint density at radius 2 is 1.66 bits per heavy atom. The van der Waals surface area contributed by atoms with E-state index in [9.17, 15) is 14.4 Å². The zero-order chi connectivity index (χ0) is 22.5. The Kier molecular flexibility index (Phi) is 6.75. The van der Waals surface area contributed by atoms with E-state index in [4.69, 9.17) is 0 Å². The maximum absolute atomic E-state index is 12.4. The first-order valence-corrected chi connectivity index (χ1v) is 11.7. The third-order valence-corrected chi connectivity index (χ3v) is 6.33. The maximum Gasteiger partial charge on any atom is 0.261 e. The van der Waals surface area contributed by atoms with Crippen molar-refractivity contribution in [1.82, 2.24) is 9.88 Å². The number of fused-ring (bicyclic) bond motifs is 1. The minimum atomic E-state index is -0.229. The Morgan fingerprint density at radius 3 is 2.31 bits per heavy atom. The molecule has 164 valence electrons. The van der Waals surface area contributed by atoms with Crippen LogP contribution in [0, 0.1) is 0 Å². The monoisotopic (exact) mass is 447 g/mol. The number of carbonyl (C=O) groups is 3. The number of hydrogen-bond acceptors (Lipinski definition) is 5. The minimum absolute atomic E-state index is 0.0760. The van der Waals surface area contributed by atoms with Crippen LogP contribution in [0.25, 0.3) is 11.3 Å². The molecule has 0 saturated heterocycles.